The first-order valence-electron chi connectivity index (χ1n) is 20.6. The number of hydrogen-bond acceptors (Lipinski definition) is 0. The highest BCUT2D eigenvalue weighted by Crippen LogP contribution is 2.30. The predicted molar refractivity (Wildman–Crippen MR) is 229 cm³/mol. The van der Waals surface area contributed by atoms with Crippen LogP contribution in [0.5, 0.6) is 0 Å². The first-order valence-corrected chi connectivity index (χ1v) is 20.6. The summed E-state index contributed by atoms with van der Waals surface area (Å²) in [6.07, 6.45) is 9.91. The van der Waals surface area contributed by atoms with Gasteiger partial charge < -0.3 is 0 Å². The summed E-state index contributed by atoms with van der Waals surface area (Å²) in [4.78, 5) is 0. The monoisotopic (exact) mass is 683 g/mol. The molecule has 3 aromatic carbocycles. The summed E-state index contributed by atoms with van der Waals surface area (Å²) < 4.78 is 0. The van der Waals surface area contributed by atoms with Crippen molar-refractivity contribution in [3.05, 3.63) is 103 Å². The molecule has 3 rings (SSSR count). The second kappa shape index (κ2) is 22.6. The van der Waals surface area contributed by atoms with E-state index in [9.17, 15) is 0 Å². The molecule has 0 spiro atoms. The second-order valence-corrected chi connectivity index (χ2v) is 17.7. The van der Waals surface area contributed by atoms with E-state index in [0.717, 1.165) is 23.7 Å². The van der Waals surface area contributed by atoms with Gasteiger partial charge in [-0.15, -0.1) is 0 Å². The maximum atomic E-state index is 2.42. The van der Waals surface area contributed by atoms with E-state index in [1.807, 2.05) is 0 Å². The van der Waals surface area contributed by atoms with Crippen molar-refractivity contribution in [3.8, 4) is 0 Å². The van der Waals surface area contributed by atoms with Crippen LogP contribution in [0.3, 0.4) is 0 Å². The highest BCUT2D eigenvalue weighted by molar-refractivity contribution is 5.41. The number of rotatable bonds is 14. The summed E-state index contributed by atoms with van der Waals surface area (Å²) in [6.45, 7) is 41.1. The average Bonchev–Trinajstić information content (AvgIpc) is 3.03. The van der Waals surface area contributed by atoms with E-state index in [4.69, 9.17) is 0 Å². The van der Waals surface area contributed by atoms with Crippen LogP contribution in [0.4, 0.5) is 0 Å². The van der Waals surface area contributed by atoms with Gasteiger partial charge in [-0.2, -0.15) is 0 Å². The molecule has 0 heteroatoms. The van der Waals surface area contributed by atoms with E-state index in [0.29, 0.717) is 11.8 Å². The Kier molecular flexibility index (Phi) is 20.6. The van der Waals surface area contributed by atoms with Gasteiger partial charge in [-0.3, -0.25) is 0 Å². The molecule has 50 heavy (non-hydrogen) atoms. The molecule has 0 radical (unpaired) electrons. The molecule has 0 heterocycles. The fourth-order valence-corrected chi connectivity index (χ4v) is 6.98. The van der Waals surface area contributed by atoms with E-state index in [2.05, 4.69) is 161 Å². The van der Waals surface area contributed by atoms with Gasteiger partial charge in [-0.1, -0.05) is 119 Å². The van der Waals surface area contributed by atoms with Gasteiger partial charge in [0.2, 0.25) is 0 Å². The van der Waals surface area contributed by atoms with Crippen LogP contribution in [0.15, 0.2) is 36.4 Å². The van der Waals surface area contributed by atoms with Crippen LogP contribution in [0.1, 0.15) is 187 Å². The lowest BCUT2D eigenvalue weighted by Gasteiger charge is -2.19. The summed E-state index contributed by atoms with van der Waals surface area (Å²) in [5, 5.41) is 0. The highest BCUT2D eigenvalue weighted by atomic mass is 14.2. The first kappa shape index (κ1) is 45.7. The van der Waals surface area contributed by atoms with E-state index in [1.54, 1.807) is 11.1 Å². The molecule has 0 aliphatic carbocycles. The van der Waals surface area contributed by atoms with Crippen LogP contribution in [0.2, 0.25) is 0 Å². The van der Waals surface area contributed by atoms with Gasteiger partial charge in [0, 0.05) is 0 Å². The Morgan fingerprint density at radius 3 is 0.900 bits per heavy atom. The molecular weight excluding hydrogens is 601 g/mol. The van der Waals surface area contributed by atoms with Gasteiger partial charge in [-0.05, 0) is 195 Å². The number of benzene rings is 3. The zero-order chi connectivity index (χ0) is 38.3. The Bertz CT molecular complexity index is 1300. The Balaban J connectivity index is 0.000000376. The third-order valence-electron chi connectivity index (χ3n) is 10.8. The third kappa shape index (κ3) is 15.9. The van der Waals surface area contributed by atoms with Gasteiger partial charge in [0.15, 0.2) is 0 Å². The molecule has 0 aliphatic heterocycles. The minimum atomic E-state index is 0.685. The molecule has 0 aromatic heterocycles. The molecule has 0 nitrogen and oxygen atoms in total. The molecule has 0 aliphatic rings. The molecule has 0 fully saturated rings. The van der Waals surface area contributed by atoms with Gasteiger partial charge >= 0.3 is 0 Å². The van der Waals surface area contributed by atoms with Crippen LogP contribution >= 0.6 is 0 Å². The number of aryl methyl sites for hydroxylation is 8. The van der Waals surface area contributed by atoms with Gasteiger partial charge in [0.05, 0.1) is 0 Å². The molecular formula is C50H82. The zero-order valence-corrected chi connectivity index (χ0v) is 36.6. The third-order valence-corrected chi connectivity index (χ3v) is 10.8. The summed E-state index contributed by atoms with van der Waals surface area (Å²) in [6, 6.07) is 14.5. The minimum absolute atomic E-state index is 0.685. The van der Waals surface area contributed by atoms with Crippen molar-refractivity contribution >= 4 is 0 Å². The number of hydrogen-bond donors (Lipinski definition) is 0. The topological polar surface area (TPSA) is 0 Å². The quantitative estimate of drug-likeness (QED) is 0.159. The highest BCUT2D eigenvalue weighted by Gasteiger charge is 2.13. The summed E-state index contributed by atoms with van der Waals surface area (Å²) >= 11 is 0. The average molecular weight is 683 g/mol. The normalized spacial score (nSPS) is 12.6. The first-order chi connectivity index (χ1) is 23.3. The molecule has 0 saturated heterocycles. The van der Waals surface area contributed by atoms with Crippen LogP contribution in [-0.2, 0) is 25.7 Å². The van der Waals surface area contributed by atoms with E-state index < -0.39 is 0 Å². The van der Waals surface area contributed by atoms with Crippen molar-refractivity contribution in [1.29, 1.82) is 0 Å². The SMILES string of the molecule is CCC(C)c1cc(C)c(C(C)CC)cc1C.Cc1cc(CC(C)C)c(C)cc1CC(C)C.Cc1cc(CCC(C)C)c(C)cc1CCC(C)C. The molecule has 0 amide bonds. The predicted octanol–water partition coefficient (Wildman–Crippen LogP) is 15.5. The smallest absolute Gasteiger partial charge is 0.0190 e. The fourth-order valence-electron chi connectivity index (χ4n) is 6.98. The van der Waals surface area contributed by atoms with Crippen LogP contribution in [0, 0.1) is 65.2 Å². The Morgan fingerprint density at radius 2 is 0.640 bits per heavy atom. The Labute approximate surface area is 313 Å². The van der Waals surface area contributed by atoms with Crippen molar-refractivity contribution in [3.63, 3.8) is 0 Å². The van der Waals surface area contributed by atoms with E-state index in [1.165, 1.54) is 107 Å². The summed E-state index contributed by atoms with van der Waals surface area (Å²) in [7, 11) is 0. The van der Waals surface area contributed by atoms with Crippen molar-refractivity contribution in [2.75, 3.05) is 0 Å². The Hall–Kier alpha value is -2.34. The van der Waals surface area contributed by atoms with Gasteiger partial charge in [0.1, 0.15) is 0 Å². The molecule has 0 saturated carbocycles. The lowest BCUT2D eigenvalue weighted by atomic mass is 9.86. The largest absolute Gasteiger partial charge is 0.0648 e. The molecule has 2 atom stereocenters. The lowest BCUT2D eigenvalue weighted by Crippen LogP contribution is -2.02. The van der Waals surface area contributed by atoms with Crippen LogP contribution in [-0.4, -0.2) is 0 Å². The van der Waals surface area contributed by atoms with Crippen LogP contribution in [0.25, 0.3) is 0 Å². The van der Waals surface area contributed by atoms with Gasteiger partial charge in [-0.25, -0.2) is 0 Å². The maximum Gasteiger partial charge on any atom is -0.0190 e. The molecule has 2 unspecified atom stereocenters. The van der Waals surface area contributed by atoms with E-state index in [-0.39, 0.29) is 0 Å². The van der Waals surface area contributed by atoms with Crippen molar-refractivity contribution < 1.29 is 0 Å². The van der Waals surface area contributed by atoms with E-state index >= 15 is 0 Å². The molecule has 0 N–H and O–H groups in total. The van der Waals surface area contributed by atoms with Crippen molar-refractivity contribution in [2.45, 2.75) is 188 Å². The molecule has 0 bridgehead atoms. The maximum absolute atomic E-state index is 2.42. The van der Waals surface area contributed by atoms with Gasteiger partial charge in [0.25, 0.3) is 0 Å². The second-order valence-electron chi connectivity index (χ2n) is 17.7. The Morgan fingerprint density at radius 1 is 0.360 bits per heavy atom. The van der Waals surface area contributed by atoms with Crippen molar-refractivity contribution in [1.82, 2.24) is 0 Å². The molecule has 282 valence electrons. The summed E-state index contributed by atoms with van der Waals surface area (Å²) in [5.41, 5.74) is 18.1. The zero-order valence-electron chi connectivity index (χ0n) is 36.6. The minimum Gasteiger partial charge on any atom is -0.0648 e. The fraction of sp³-hybridized carbons (Fsp3) is 0.640. The summed E-state index contributed by atoms with van der Waals surface area (Å²) in [5.74, 6) is 4.45. The van der Waals surface area contributed by atoms with Crippen molar-refractivity contribution in [2.24, 2.45) is 23.7 Å². The molecule has 3 aromatic rings. The van der Waals surface area contributed by atoms with Crippen LogP contribution < -0.4 is 0 Å². The lowest BCUT2D eigenvalue weighted by molar-refractivity contribution is 0.581. The standard InChI is InChI=1S/C18H30.2C16H26/c1-13(2)7-9-17-11-16(6)18(12-15(17)5)10-8-14(3)4;1-11(2)7-15-9-14(6)16(8-12(3)4)10-13(15)5;1-7-11(3)15-9-14(6)16(10-13(15)5)12(4)8-2/h11-14H,7-10H2,1-6H3;2*9-12H,7-8H2,1-6H3.